The average Bonchev–Trinajstić information content (AvgIpc) is 3.30. The van der Waals surface area contributed by atoms with E-state index in [9.17, 15) is 14.7 Å². The molecule has 1 saturated carbocycles. The van der Waals surface area contributed by atoms with Gasteiger partial charge in [0, 0.05) is 17.0 Å². The highest BCUT2D eigenvalue weighted by molar-refractivity contribution is 7.13. The monoisotopic (exact) mass is 360 g/mol. The van der Waals surface area contributed by atoms with Gasteiger partial charge in [-0.25, -0.2) is 9.78 Å². The van der Waals surface area contributed by atoms with Crippen LogP contribution in [-0.4, -0.2) is 45.6 Å². The van der Waals surface area contributed by atoms with Crippen LogP contribution < -0.4 is 4.74 Å². The maximum absolute atomic E-state index is 12.7. The van der Waals surface area contributed by atoms with Crippen molar-refractivity contribution in [1.82, 2.24) is 9.88 Å². The normalized spacial score (nSPS) is 14.8. The Morgan fingerprint density at radius 3 is 2.60 bits per heavy atom. The van der Waals surface area contributed by atoms with Gasteiger partial charge in [-0.05, 0) is 51.0 Å². The first kappa shape index (κ1) is 17.4. The lowest BCUT2D eigenvalue weighted by Gasteiger charge is -2.25. The lowest BCUT2D eigenvalue weighted by atomic mass is 10.2. The number of benzene rings is 1. The van der Waals surface area contributed by atoms with Crippen molar-refractivity contribution in [2.24, 2.45) is 0 Å². The molecule has 25 heavy (non-hydrogen) atoms. The van der Waals surface area contributed by atoms with E-state index in [-0.39, 0.29) is 11.9 Å². The van der Waals surface area contributed by atoms with Crippen molar-refractivity contribution in [1.29, 1.82) is 0 Å². The molecule has 3 rings (SSSR count). The van der Waals surface area contributed by atoms with Crippen LogP contribution in [0.2, 0.25) is 0 Å². The van der Waals surface area contributed by atoms with Crippen LogP contribution in [0, 0.1) is 0 Å². The molecule has 1 aliphatic rings. The number of aromatic nitrogens is 1. The third kappa shape index (κ3) is 3.82. The van der Waals surface area contributed by atoms with Gasteiger partial charge in [0.05, 0.1) is 6.61 Å². The molecule has 7 heteroatoms. The number of amides is 1. The summed E-state index contributed by atoms with van der Waals surface area (Å²) < 4.78 is 5.42. The zero-order valence-electron chi connectivity index (χ0n) is 14.1. The lowest BCUT2D eigenvalue weighted by Crippen LogP contribution is -2.44. The molecular weight excluding hydrogens is 340 g/mol. The molecule has 1 aliphatic carbocycles. The summed E-state index contributed by atoms with van der Waals surface area (Å²) in [5.74, 6) is -0.526. The molecule has 1 fully saturated rings. The molecule has 6 nitrogen and oxygen atoms in total. The van der Waals surface area contributed by atoms with Crippen LogP contribution in [0.4, 0.5) is 0 Å². The summed E-state index contributed by atoms with van der Waals surface area (Å²) in [6.45, 7) is 4.07. The molecule has 1 aromatic heterocycles. The van der Waals surface area contributed by atoms with E-state index >= 15 is 0 Å². The Bertz CT molecular complexity index is 768. The van der Waals surface area contributed by atoms with Crippen molar-refractivity contribution < 1.29 is 19.4 Å². The highest BCUT2D eigenvalue weighted by Gasteiger charge is 2.39. The number of carboxylic acid groups (broad SMARTS) is 1. The van der Waals surface area contributed by atoms with Crippen molar-refractivity contribution in [3.63, 3.8) is 0 Å². The van der Waals surface area contributed by atoms with Gasteiger partial charge in [0.15, 0.2) is 0 Å². The molecule has 0 bridgehead atoms. The van der Waals surface area contributed by atoms with E-state index in [1.54, 1.807) is 5.38 Å². The highest BCUT2D eigenvalue weighted by Crippen LogP contribution is 2.32. The molecule has 1 heterocycles. The van der Waals surface area contributed by atoms with E-state index in [1.807, 2.05) is 31.2 Å². The fourth-order valence-corrected chi connectivity index (χ4v) is 3.43. The van der Waals surface area contributed by atoms with Gasteiger partial charge in [-0.2, -0.15) is 0 Å². The number of aliphatic carboxylic acids is 1. The first-order chi connectivity index (χ1) is 12.0. The van der Waals surface area contributed by atoms with Crippen LogP contribution in [-0.2, 0) is 4.79 Å². The second-order valence-electron chi connectivity index (χ2n) is 5.95. The standard InChI is InChI=1S/C18H20N2O4S/c1-3-24-14-8-4-12(5-9-14)16-19-15(10-25-16)17(21)20(13-6-7-13)11(2)18(22)23/h4-5,8-11,13H,3,6-7H2,1-2H3,(H,22,23). The average molecular weight is 360 g/mol. The van der Waals surface area contributed by atoms with E-state index in [1.165, 1.54) is 23.2 Å². The minimum atomic E-state index is -0.998. The number of hydrogen-bond donors (Lipinski definition) is 1. The van der Waals surface area contributed by atoms with Crippen molar-refractivity contribution in [2.45, 2.75) is 38.8 Å². The van der Waals surface area contributed by atoms with E-state index in [0.29, 0.717) is 12.3 Å². The molecule has 1 amide bonds. The van der Waals surface area contributed by atoms with Gasteiger partial charge in [-0.1, -0.05) is 0 Å². The van der Waals surface area contributed by atoms with Crippen LogP contribution in [0.1, 0.15) is 37.2 Å². The minimum Gasteiger partial charge on any atom is -0.494 e. The zero-order valence-corrected chi connectivity index (χ0v) is 15.0. The molecule has 0 radical (unpaired) electrons. The number of carbonyl (C=O) groups excluding carboxylic acids is 1. The Morgan fingerprint density at radius 1 is 1.36 bits per heavy atom. The Kier molecular flexibility index (Phi) is 5.03. The van der Waals surface area contributed by atoms with E-state index < -0.39 is 12.0 Å². The van der Waals surface area contributed by atoms with Gasteiger partial charge >= 0.3 is 5.97 Å². The molecule has 2 aromatic rings. The zero-order chi connectivity index (χ0) is 18.0. The smallest absolute Gasteiger partial charge is 0.326 e. The molecule has 1 unspecified atom stereocenters. The van der Waals surface area contributed by atoms with Gasteiger partial charge in [0.25, 0.3) is 5.91 Å². The summed E-state index contributed by atoms with van der Waals surface area (Å²) in [6.07, 6.45) is 1.69. The summed E-state index contributed by atoms with van der Waals surface area (Å²) in [6, 6.07) is 6.69. The summed E-state index contributed by atoms with van der Waals surface area (Å²) in [5.41, 5.74) is 1.20. The fourth-order valence-electron chi connectivity index (χ4n) is 2.63. The second-order valence-corrected chi connectivity index (χ2v) is 6.81. The molecule has 0 spiro atoms. The summed E-state index contributed by atoms with van der Waals surface area (Å²) in [7, 11) is 0. The molecule has 1 atom stereocenters. The van der Waals surface area contributed by atoms with Crippen molar-refractivity contribution in [3.8, 4) is 16.3 Å². The van der Waals surface area contributed by atoms with Gasteiger partial charge in [-0.15, -0.1) is 11.3 Å². The van der Waals surface area contributed by atoms with Crippen LogP contribution in [0.3, 0.4) is 0 Å². The molecule has 1 aromatic carbocycles. The fraction of sp³-hybridized carbons (Fsp3) is 0.389. The molecule has 0 saturated heterocycles. The van der Waals surface area contributed by atoms with Crippen LogP contribution in [0.5, 0.6) is 5.75 Å². The Morgan fingerprint density at radius 2 is 2.04 bits per heavy atom. The van der Waals surface area contributed by atoms with Crippen molar-refractivity contribution in [2.75, 3.05) is 6.61 Å². The third-order valence-corrected chi connectivity index (χ3v) is 4.98. The Labute approximate surface area is 150 Å². The molecular formula is C18H20N2O4S. The van der Waals surface area contributed by atoms with Gasteiger partial charge < -0.3 is 14.7 Å². The number of nitrogens with zero attached hydrogens (tertiary/aromatic N) is 2. The van der Waals surface area contributed by atoms with Crippen molar-refractivity contribution >= 4 is 23.2 Å². The van der Waals surface area contributed by atoms with E-state index in [2.05, 4.69) is 4.98 Å². The number of carboxylic acids is 1. The Hall–Kier alpha value is -2.41. The predicted molar refractivity (Wildman–Crippen MR) is 95.0 cm³/mol. The summed E-state index contributed by atoms with van der Waals surface area (Å²) in [4.78, 5) is 29.9. The first-order valence-electron chi connectivity index (χ1n) is 8.25. The van der Waals surface area contributed by atoms with Gasteiger partial charge in [0.2, 0.25) is 0 Å². The maximum atomic E-state index is 12.7. The molecule has 1 N–H and O–H groups in total. The predicted octanol–water partition coefficient (Wildman–Crippen LogP) is 3.29. The quantitative estimate of drug-likeness (QED) is 0.819. The van der Waals surface area contributed by atoms with Gasteiger partial charge in [-0.3, -0.25) is 4.79 Å². The number of hydrogen-bond acceptors (Lipinski definition) is 5. The van der Waals surface area contributed by atoms with Crippen LogP contribution >= 0.6 is 11.3 Å². The second kappa shape index (κ2) is 7.23. The summed E-state index contributed by atoms with van der Waals surface area (Å²) >= 11 is 1.37. The number of thiazole rings is 1. The SMILES string of the molecule is CCOc1ccc(-c2nc(C(=O)N(C3CC3)C(C)C(=O)O)cs2)cc1. The number of rotatable bonds is 7. The van der Waals surface area contributed by atoms with Crippen LogP contribution in [0.25, 0.3) is 10.6 Å². The molecule has 0 aliphatic heterocycles. The minimum absolute atomic E-state index is 0.00854. The van der Waals surface area contributed by atoms with E-state index in [0.717, 1.165) is 29.2 Å². The topological polar surface area (TPSA) is 79.7 Å². The Balaban J connectivity index is 1.80. The van der Waals surface area contributed by atoms with Crippen LogP contribution in [0.15, 0.2) is 29.6 Å². The van der Waals surface area contributed by atoms with Gasteiger partial charge in [0.1, 0.15) is 22.5 Å². The van der Waals surface area contributed by atoms with Crippen molar-refractivity contribution in [3.05, 3.63) is 35.3 Å². The molecule has 132 valence electrons. The largest absolute Gasteiger partial charge is 0.494 e. The number of ether oxygens (including phenoxy) is 1. The highest BCUT2D eigenvalue weighted by atomic mass is 32.1. The first-order valence-corrected chi connectivity index (χ1v) is 9.13. The van der Waals surface area contributed by atoms with E-state index in [4.69, 9.17) is 4.74 Å². The summed E-state index contributed by atoms with van der Waals surface area (Å²) in [5, 5.41) is 11.7. The number of carbonyl (C=O) groups is 2. The lowest BCUT2D eigenvalue weighted by molar-refractivity contribution is -0.141. The maximum Gasteiger partial charge on any atom is 0.326 e. The third-order valence-electron chi connectivity index (χ3n) is 4.08.